The lowest BCUT2D eigenvalue weighted by Crippen LogP contribution is -2.50. The van der Waals surface area contributed by atoms with Crippen LogP contribution in [-0.2, 0) is 4.79 Å². The number of anilines is 1. The number of guanidine groups is 1. The molecule has 0 saturated carbocycles. The molecule has 146 valence electrons. The highest BCUT2D eigenvalue weighted by atomic mass is 127. The third kappa shape index (κ3) is 6.93. The number of carbonyl (C=O) groups excluding carboxylic acids is 1. The Kier molecular flexibility index (Phi) is 10.2. The maximum Gasteiger partial charge on any atom is 0.225 e. The van der Waals surface area contributed by atoms with Gasteiger partial charge in [-0.05, 0) is 19.4 Å². The number of hydrogen-bond acceptors (Lipinski definition) is 5. The Morgan fingerprint density at radius 1 is 1.27 bits per heavy atom. The third-order valence-electron chi connectivity index (χ3n) is 4.32. The summed E-state index contributed by atoms with van der Waals surface area (Å²) in [4.78, 5) is 29.1. The highest BCUT2D eigenvalue weighted by Gasteiger charge is 2.22. The van der Waals surface area contributed by atoms with E-state index in [1.54, 1.807) is 25.5 Å². The normalized spacial score (nSPS) is 15.9. The minimum Gasteiger partial charge on any atom is -0.356 e. The van der Waals surface area contributed by atoms with E-state index in [4.69, 9.17) is 0 Å². The first kappa shape index (κ1) is 22.4. The second-order valence-electron chi connectivity index (χ2n) is 6.12. The number of nitrogens with one attached hydrogen (secondary N) is 2. The van der Waals surface area contributed by atoms with Crippen molar-refractivity contribution in [2.45, 2.75) is 32.7 Å². The lowest BCUT2D eigenvalue weighted by molar-refractivity contribution is -0.131. The quantitative estimate of drug-likeness (QED) is 0.364. The van der Waals surface area contributed by atoms with E-state index in [9.17, 15) is 4.79 Å². The van der Waals surface area contributed by atoms with Crippen LogP contribution in [0.15, 0.2) is 23.5 Å². The van der Waals surface area contributed by atoms with Crippen molar-refractivity contribution in [1.82, 2.24) is 25.5 Å². The number of aliphatic imine (C=N–C) groups is 1. The van der Waals surface area contributed by atoms with Gasteiger partial charge >= 0.3 is 0 Å². The number of hydrogen-bond donors (Lipinski definition) is 2. The Labute approximate surface area is 172 Å². The minimum absolute atomic E-state index is 0. The molecule has 1 aromatic rings. The molecule has 1 aliphatic heterocycles. The first-order valence-corrected chi connectivity index (χ1v) is 8.91. The summed E-state index contributed by atoms with van der Waals surface area (Å²) < 4.78 is 0. The van der Waals surface area contributed by atoms with E-state index in [-0.39, 0.29) is 29.9 Å². The van der Waals surface area contributed by atoms with Gasteiger partial charge in [0.1, 0.15) is 0 Å². The Balaban J connectivity index is 0.00000338. The number of carbonyl (C=O) groups is 1. The highest BCUT2D eigenvalue weighted by Crippen LogP contribution is 2.10. The van der Waals surface area contributed by atoms with Crippen molar-refractivity contribution in [3.63, 3.8) is 0 Å². The van der Waals surface area contributed by atoms with Crippen LogP contribution in [0.25, 0.3) is 0 Å². The summed E-state index contributed by atoms with van der Waals surface area (Å²) in [6.07, 6.45) is 4.97. The Morgan fingerprint density at radius 2 is 1.92 bits per heavy atom. The van der Waals surface area contributed by atoms with Crippen molar-refractivity contribution >= 4 is 41.8 Å². The van der Waals surface area contributed by atoms with Gasteiger partial charge in [-0.2, -0.15) is 0 Å². The standard InChI is InChI=1S/C17H29N7O.HI/c1-4-14(2)22-16(18-3)19-9-6-15(25)23-10-12-24(13-11-23)17-20-7-5-8-21-17;/h5,7-8,14H,4,6,9-13H2,1-3H3,(H2,18,19,22);1H. The molecular weight excluding hydrogens is 445 g/mol. The fraction of sp³-hybridized carbons (Fsp3) is 0.647. The van der Waals surface area contributed by atoms with E-state index < -0.39 is 0 Å². The first-order valence-electron chi connectivity index (χ1n) is 8.91. The van der Waals surface area contributed by atoms with Crippen LogP contribution < -0.4 is 15.5 Å². The fourth-order valence-electron chi connectivity index (χ4n) is 2.59. The second kappa shape index (κ2) is 11.9. The maximum atomic E-state index is 12.4. The molecule has 1 unspecified atom stereocenters. The summed E-state index contributed by atoms with van der Waals surface area (Å²) in [5.74, 6) is 1.64. The van der Waals surface area contributed by atoms with Crippen molar-refractivity contribution in [2.24, 2.45) is 4.99 Å². The van der Waals surface area contributed by atoms with Crippen LogP contribution in [0.5, 0.6) is 0 Å². The average Bonchev–Trinajstić information content (AvgIpc) is 2.67. The molecule has 8 nitrogen and oxygen atoms in total. The van der Waals surface area contributed by atoms with Crippen LogP contribution >= 0.6 is 24.0 Å². The van der Waals surface area contributed by atoms with Gasteiger partial charge in [-0.1, -0.05) is 6.92 Å². The zero-order chi connectivity index (χ0) is 18.1. The smallest absolute Gasteiger partial charge is 0.225 e. The largest absolute Gasteiger partial charge is 0.356 e. The fourth-order valence-corrected chi connectivity index (χ4v) is 2.59. The zero-order valence-corrected chi connectivity index (χ0v) is 18.1. The predicted octanol–water partition coefficient (Wildman–Crippen LogP) is 1.10. The van der Waals surface area contributed by atoms with Crippen molar-refractivity contribution < 1.29 is 4.79 Å². The molecule has 0 spiro atoms. The molecule has 2 rings (SSSR count). The average molecular weight is 475 g/mol. The molecule has 1 aromatic heterocycles. The molecule has 26 heavy (non-hydrogen) atoms. The van der Waals surface area contributed by atoms with E-state index in [0.717, 1.165) is 31.4 Å². The molecule has 0 radical (unpaired) electrons. The van der Waals surface area contributed by atoms with Crippen LogP contribution in [0.4, 0.5) is 5.95 Å². The molecule has 1 amide bonds. The molecule has 2 heterocycles. The molecule has 0 bridgehead atoms. The molecular formula is C17H30IN7O. The number of piperazine rings is 1. The summed E-state index contributed by atoms with van der Waals surface area (Å²) in [5, 5.41) is 6.49. The van der Waals surface area contributed by atoms with E-state index in [1.807, 2.05) is 4.90 Å². The van der Waals surface area contributed by atoms with Gasteiger partial charge in [0.2, 0.25) is 11.9 Å². The summed E-state index contributed by atoms with van der Waals surface area (Å²) in [6.45, 7) is 7.74. The minimum atomic E-state index is 0. The van der Waals surface area contributed by atoms with Gasteiger partial charge in [0, 0.05) is 64.6 Å². The zero-order valence-electron chi connectivity index (χ0n) is 15.8. The lowest BCUT2D eigenvalue weighted by Gasteiger charge is -2.34. The van der Waals surface area contributed by atoms with Crippen molar-refractivity contribution in [3.05, 3.63) is 18.5 Å². The maximum absolute atomic E-state index is 12.4. The molecule has 1 saturated heterocycles. The molecule has 1 atom stereocenters. The van der Waals surface area contributed by atoms with Crippen molar-refractivity contribution in [1.29, 1.82) is 0 Å². The summed E-state index contributed by atoms with van der Waals surface area (Å²) in [6, 6.07) is 2.16. The number of rotatable bonds is 6. The Morgan fingerprint density at radius 3 is 2.50 bits per heavy atom. The Bertz CT molecular complexity index is 561. The van der Waals surface area contributed by atoms with E-state index in [2.05, 4.69) is 44.3 Å². The number of halogens is 1. The molecule has 9 heteroatoms. The third-order valence-corrected chi connectivity index (χ3v) is 4.32. The Hall–Kier alpha value is -1.65. The van der Waals surface area contributed by atoms with Crippen LogP contribution in [0.2, 0.25) is 0 Å². The van der Waals surface area contributed by atoms with Crippen LogP contribution in [0, 0.1) is 0 Å². The number of aromatic nitrogens is 2. The van der Waals surface area contributed by atoms with E-state index in [1.165, 1.54) is 0 Å². The summed E-state index contributed by atoms with van der Waals surface area (Å²) >= 11 is 0. The van der Waals surface area contributed by atoms with Gasteiger partial charge in [0.15, 0.2) is 5.96 Å². The van der Waals surface area contributed by atoms with Gasteiger partial charge in [-0.3, -0.25) is 9.79 Å². The number of nitrogens with zero attached hydrogens (tertiary/aromatic N) is 5. The van der Waals surface area contributed by atoms with Gasteiger partial charge in [-0.25, -0.2) is 9.97 Å². The van der Waals surface area contributed by atoms with Crippen LogP contribution in [0.1, 0.15) is 26.7 Å². The van der Waals surface area contributed by atoms with Gasteiger partial charge in [0.25, 0.3) is 0 Å². The molecule has 1 aliphatic rings. The van der Waals surface area contributed by atoms with Crippen LogP contribution in [0.3, 0.4) is 0 Å². The van der Waals surface area contributed by atoms with Crippen molar-refractivity contribution in [3.8, 4) is 0 Å². The van der Waals surface area contributed by atoms with E-state index in [0.29, 0.717) is 32.1 Å². The number of amides is 1. The monoisotopic (exact) mass is 475 g/mol. The second-order valence-corrected chi connectivity index (χ2v) is 6.12. The predicted molar refractivity (Wildman–Crippen MR) is 115 cm³/mol. The lowest BCUT2D eigenvalue weighted by atomic mass is 10.2. The van der Waals surface area contributed by atoms with E-state index >= 15 is 0 Å². The molecule has 2 N–H and O–H groups in total. The SMILES string of the molecule is CCC(C)NC(=NC)NCCC(=O)N1CCN(c2ncccn2)CC1.I. The topological polar surface area (TPSA) is 85.8 Å². The van der Waals surface area contributed by atoms with Gasteiger partial charge in [-0.15, -0.1) is 24.0 Å². The summed E-state index contributed by atoms with van der Waals surface area (Å²) in [7, 11) is 1.74. The molecule has 0 aromatic carbocycles. The summed E-state index contributed by atoms with van der Waals surface area (Å²) in [5.41, 5.74) is 0. The van der Waals surface area contributed by atoms with Gasteiger partial charge in [0.05, 0.1) is 0 Å². The van der Waals surface area contributed by atoms with Gasteiger partial charge < -0.3 is 20.4 Å². The van der Waals surface area contributed by atoms with Crippen LogP contribution in [-0.4, -0.2) is 72.5 Å². The van der Waals surface area contributed by atoms with Crippen molar-refractivity contribution in [2.75, 3.05) is 44.7 Å². The first-order chi connectivity index (χ1) is 12.1. The molecule has 0 aliphatic carbocycles. The molecule has 1 fully saturated rings. The highest BCUT2D eigenvalue weighted by molar-refractivity contribution is 14.0.